The van der Waals surface area contributed by atoms with Crippen LogP contribution in [0.4, 0.5) is 18.9 Å². The topological polar surface area (TPSA) is 68.0 Å². The molecule has 1 N–H and O–H groups in total. The van der Waals surface area contributed by atoms with Crippen LogP contribution in [0.25, 0.3) is 0 Å². The number of nitrogens with one attached hydrogen (secondary N) is 1. The molecule has 0 atom stereocenters. The van der Waals surface area contributed by atoms with Crippen LogP contribution < -0.4 is 5.32 Å². The van der Waals surface area contributed by atoms with Gasteiger partial charge in [0.05, 0.1) is 17.2 Å². The number of carbonyl (C=O) groups is 1. The minimum absolute atomic E-state index is 0.0647. The summed E-state index contributed by atoms with van der Waals surface area (Å²) >= 11 is 1.01. The second-order valence-electron chi connectivity index (χ2n) is 7.08. The molecule has 0 radical (unpaired) electrons. The van der Waals surface area contributed by atoms with E-state index in [4.69, 9.17) is 4.42 Å². The largest absolute Gasteiger partial charge is 0.416 e. The molecule has 0 fully saturated rings. The van der Waals surface area contributed by atoms with Crippen LogP contribution in [-0.2, 0) is 11.0 Å². The van der Waals surface area contributed by atoms with Crippen LogP contribution in [0.3, 0.4) is 0 Å². The molecular formula is C24H18F3N3O2S. The maximum atomic E-state index is 12.8. The highest BCUT2D eigenvalue weighted by atomic mass is 32.2. The van der Waals surface area contributed by atoms with Crippen molar-refractivity contribution in [3.8, 4) is 0 Å². The Morgan fingerprint density at radius 2 is 1.55 bits per heavy atom. The molecule has 0 saturated carbocycles. The number of amides is 1. The number of hydrogen-bond acceptors (Lipinski definition) is 5. The number of thioether (sulfide) groups is 1. The summed E-state index contributed by atoms with van der Waals surface area (Å²) in [5, 5.41) is 10.9. The van der Waals surface area contributed by atoms with Crippen molar-refractivity contribution in [1.82, 2.24) is 10.2 Å². The third-order valence-corrected chi connectivity index (χ3v) is 5.55. The van der Waals surface area contributed by atoms with Crippen LogP contribution in [-0.4, -0.2) is 21.9 Å². The maximum absolute atomic E-state index is 12.8. The predicted molar refractivity (Wildman–Crippen MR) is 119 cm³/mol. The van der Waals surface area contributed by atoms with Crippen LogP contribution in [0.1, 0.15) is 28.5 Å². The smallest absolute Gasteiger partial charge is 0.415 e. The van der Waals surface area contributed by atoms with Gasteiger partial charge in [-0.25, -0.2) is 0 Å². The molecule has 0 aliphatic heterocycles. The molecule has 9 heteroatoms. The van der Waals surface area contributed by atoms with E-state index in [-0.39, 0.29) is 22.6 Å². The highest BCUT2D eigenvalue weighted by Crippen LogP contribution is 2.33. The Balaban J connectivity index is 1.44. The zero-order chi connectivity index (χ0) is 23.3. The Morgan fingerprint density at radius 3 is 2.15 bits per heavy atom. The van der Waals surface area contributed by atoms with Crippen molar-refractivity contribution < 1.29 is 22.4 Å². The van der Waals surface area contributed by atoms with Crippen LogP contribution in [0.15, 0.2) is 94.6 Å². The SMILES string of the molecule is O=C(CSc1nnc(C(c2ccccc2)c2ccccc2)o1)Nc1cccc(C(F)(F)F)c1. The average Bonchev–Trinajstić information content (AvgIpc) is 3.27. The highest BCUT2D eigenvalue weighted by Gasteiger charge is 2.30. The Kier molecular flexibility index (Phi) is 6.79. The van der Waals surface area contributed by atoms with Crippen molar-refractivity contribution in [1.29, 1.82) is 0 Å². The Labute approximate surface area is 192 Å². The number of nitrogens with zero attached hydrogens (tertiary/aromatic N) is 2. The van der Waals surface area contributed by atoms with Crippen LogP contribution in [0.5, 0.6) is 0 Å². The molecule has 1 amide bonds. The average molecular weight is 469 g/mol. The molecule has 4 rings (SSSR count). The van der Waals surface area contributed by atoms with Crippen molar-refractivity contribution in [3.05, 3.63) is 108 Å². The fourth-order valence-corrected chi connectivity index (χ4v) is 3.83. The highest BCUT2D eigenvalue weighted by molar-refractivity contribution is 7.99. The van der Waals surface area contributed by atoms with Gasteiger partial charge in [0.15, 0.2) is 0 Å². The fraction of sp³-hybridized carbons (Fsp3) is 0.125. The number of aromatic nitrogens is 2. The first-order valence-electron chi connectivity index (χ1n) is 9.93. The molecule has 168 valence electrons. The minimum atomic E-state index is -4.48. The number of alkyl halides is 3. The molecule has 0 spiro atoms. The molecule has 1 heterocycles. The van der Waals surface area contributed by atoms with E-state index in [1.54, 1.807) is 0 Å². The molecular weight excluding hydrogens is 451 g/mol. The molecule has 3 aromatic carbocycles. The lowest BCUT2D eigenvalue weighted by molar-refractivity contribution is -0.137. The van der Waals surface area contributed by atoms with Gasteiger partial charge in [-0.2, -0.15) is 13.2 Å². The Morgan fingerprint density at radius 1 is 0.909 bits per heavy atom. The number of benzene rings is 3. The predicted octanol–water partition coefficient (Wildman–Crippen LogP) is 6.00. The van der Waals surface area contributed by atoms with Gasteiger partial charge >= 0.3 is 6.18 Å². The molecule has 5 nitrogen and oxygen atoms in total. The van der Waals surface area contributed by atoms with Crippen LogP contribution >= 0.6 is 11.8 Å². The van der Waals surface area contributed by atoms with Gasteiger partial charge in [-0.05, 0) is 29.3 Å². The van der Waals surface area contributed by atoms with E-state index in [1.165, 1.54) is 12.1 Å². The van der Waals surface area contributed by atoms with Crippen molar-refractivity contribution >= 4 is 23.4 Å². The van der Waals surface area contributed by atoms with Gasteiger partial charge < -0.3 is 9.73 Å². The quantitative estimate of drug-likeness (QED) is 0.336. The molecule has 1 aromatic heterocycles. The molecule has 0 aliphatic carbocycles. The lowest BCUT2D eigenvalue weighted by Crippen LogP contribution is -2.15. The molecule has 0 aliphatic rings. The van der Waals surface area contributed by atoms with E-state index in [1.807, 2.05) is 60.7 Å². The second kappa shape index (κ2) is 9.91. The first kappa shape index (κ1) is 22.6. The third-order valence-electron chi connectivity index (χ3n) is 4.74. The second-order valence-corrected chi connectivity index (χ2v) is 8.00. The summed E-state index contributed by atoms with van der Waals surface area (Å²) in [7, 11) is 0. The van der Waals surface area contributed by atoms with Gasteiger partial charge in [0, 0.05) is 5.69 Å². The summed E-state index contributed by atoms with van der Waals surface area (Å²) in [6, 6.07) is 23.9. The van der Waals surface area contributed by atoms with Gasteiger partial charge in [-0.1, -0.05) is 78.5 Å². The Bertz CT molecular complexity index is 1170. The summed E-state index contributed by atoms with van der Waals surface area (Å²) in [6.45, 7) is 0. The van der Waals surface area contributed by atoms with E-state index < -0.39 is 17.6 Å². The van der Waals surface area contributed by atoms with Crippen LogP contribution in [0.2, 0.25) is 0 Å². The van der Waals surface area contributed by atoms with Gasteiger partial charge in [0.2, 0.25) is 11.8 Å². The number of halogens is 3. The summed E-state index contributed by atoms with van der Waals surface area (Å²) in [5.74, 6) is -0.470. The fourth-order valence-electron chi connectivity index (χ4n) is 3.26. The normalized spacial score (nSPS) is 11.5. The van der Waals surface area contributed by atoms with Gasteiger partial charge in [0.1, 0.15) is 0 Å². The summed E-state index contributed by atoms with van der Waals surface area (Å²) < 4.78 is 44.4. The van der Waals surface area contributed by atoms with E-state index in [0.29, 0.717) is 5.89 Å². The van der Waals surface area contributed by atoms with Crippen molar-refractivity contribution in [2.24, 2.45) is 0 Å². The number of anilines is 1. The first-order chi connectivity index (χ1) is 15.9. The molecule has 33 heavy (non-hydrogen) atoms. The van der Waals surface area contributed by atoms with E-state index in [2.05, 4.69) is 15.5 Å². The number of hydrogen-bond donors (Lipinski definition) is 1. The zero-order valence-electron chi connectivity index (χ0n) is 17.1. The zero-order valence-corrected chi connectivity index (χ0v) is 17.9. The third kappa shape index (κ3) is 5.81. The number of rotatable bonds is 7. The van der Waals surface area contributed by atoms with Crippen LogP contribution in [0, 0.1) is 0 Å². The van der Waals surface area contributed by atoms with Crippen molar-refractivity contribution in [2.75, 3.05) is 11.1 Å². The molecule has 0 unspecified atom stereocenters. The van der Waals surface area contributed by atoms with Crippen molar-refractivity contribution in [3.63, 3.8) is 0 Å². The first-order valence-corrected chi connectivity index (χ1v) is 10.9. The van der Waals surface area contributed by atoms with Gasteiger partial charge in [-0.15, -0.1) is 10.2 Å². The Hall–Kier alpha value is -3.59. The van der Waals surface area contributed by atoms with Gasteiger partial charge in [0.25, 0.3) is 5.22 Å². The van der Waals surface area contributed by atoms with Crippen molar-refractivity contribution in [2.45, 2.75) is 17.3 Å². The maximum Gasteiger partial charge on any atom is 0.416 e. The lowest BCUT2D eigenvalue weighted by atomic mass is 9.91. The van der Waals surface area contributed by atoms with Gasteiger partial charge in [-0.3, -0.25) is 4.79 Å². The minimum Gasteiger partial charge on any atom is -0.415 e. The molecule has 4 aromatic rings. The molecule has 0 saturated heterocycles. The van der Waals surface area contributed by atoms with E-state index in [0.717, 1.165) is 35.0 Å². The standard InChI is InChI=1S/C24H18F3N3O2S/c25-24(26,27)18-12-7-13-19(14-18)28-20(31)15-33-23-30-29-22(32-23)21(16-8-3-1-4-9-16)17-10-5-2-6-11-17/h1-14,21H,15H2,(H,28,31). The van der Waals surface area contributed by atoms with E-state index >= 15 is 0 Å². The summed E-state index contributed by atoms with van der Waals surface area (Å²) in [4.78, 5) is 12.2. The number of carbonyl (C=O) groups excluding carboxylic acids is 1. The monoisotopic (exact) mass is 469 g/mol. The van der Waals surface area contributed by atoms with E-state index in [9.17, 15) is 18.0 Å². The summed E-state index contributed by atoms with van der Waals surface area (Å²) in [5.41, 5.74) is 1.19. The summed E-state index contributed by atoms with van der Waals surface area (Å²) in [6.07, 6.45) is -4.48. The lowest BCUT2D eigenvalue weighted by Gasteiger charge is -2.13. The molecule has 0 bridgehead atoms.